The highest BCUT2D eigenvalue weighted by atomic mass is 16.5. The van der Waals surface area contributed by atoms with Crippen molar-refractivity contribution in [2.75, 3.05) is 9.80 Å². The van der Waals surface area contributed by atoms with Crippen molar-refractivity contribution in [3.8, 4) is 23.0 Å². The smallest absolute Gasteiger partial charge is 0.261 e. The summed E-state index contributed by atoms with van der Waals surface area (Å²) in [6.07, 6.45) is 0. The molecule has 2 aliphatic rings. The van der Waals surface area contributed by atoms with E-state index >= 15 is 0 Å². The van der Waals surface area contributed by atoms with Crippen molar-refractivity contribution in [3.05, 3.63) is 223 Å². The van der Waals surface area contributed by atoms with Crippen LogP contribution >= 0.6 is 0 Å². The maximum absolute atomic E-state index is 7.04. The van der Waals surface area contributed by atoms with Crippen LogP contribution in [0.4, 0.5) is 34.1 Å². The first kappa shape index (κ1) is 39.8. The maximum Gasteiger partial charge on any atom is 0.261 e. The molecule has 11 aromatic carbocycles. The lowest BCUT2D eigenvalue weighted by Gasteiger charge is -2.32. The van der Waals surface area contributed by atoms with Crippen molar-refractivity contribution < 1.29 is 18.3 Å². The molecule has 0 bridgehead atoms. The molecular formula is C64H41BN2O4. The van der Waals surface area contributed by atoms with Crippen LogP contribution in [-0.2, 0) is 0 Å². The summed E-state index contributed by atoms with van der Waals surface area (Å²) in [6, 6.07) is 75.1. The molecule has 0 radical (unpaired) electrons. The van der Waals surface area contributed by atoms with Gasteiger partial charge in [-0.1, -0.05) is 126 Å². The topological polar surface area (TPSA) is 51.2 Å². The average molecular weight is 913 g/mol. The number of aryl methyl sites for hydroxylation is 2. The average Bonchev–Trinajstić information content (AvgIpc) is 3.96. The van der Waals surface area contributed by atoms with Crippen LogP contribution in [0.15, 0.2) is 221 Å². The van der Waals surface area contributed by atoms with Crippen molar-refractivity contribution in [1.29, 1.82) is 0 Å². The molecule has 2 aliphatic heterocycles. The van der Waals surface area contributed by atoms with Crippen molar-refractivity contribution in [2.45, 2.75) is 13.8 Å². The summed E-state index contributed by atoms with van der Waals surface area (Å²) in [6.45, 7) is 4.03. The van der Waals surface area contributed by atoms with Crippen LogP contribution in [0.1, 0.15) is 11.1 Å². The summed E-state index contributed by atoms with van der Waals surface area (Å²) >= 11 is 0. The Bertz CT molecular complexity index is 4040. The molecule has 7 heteroatoms. The Kier molecular flexibility index (Phi) is 8.49. The first-order valence-electron chi connectivity index (χ1n) is 24.2. The van der Waals surface area contributed by atoms with Gasteiger partial charge in [-0.2, -0.15) is 0 Å². The number of furan rings is 2. The van der Waals surface area contributed by atoms with Crippen molar-refractivity contribution in [3.63, 3.8) is 0 Å². The van der Waals surface area contributed by atoms with Crippen LogP contribution in [0.3, 0.4) is 0 Å². The number of rotatable bonds is 6. The van der Waals surface area contributed by atoms with Gasteiger partial charge in [-0.25, -0.2) is 0 Å². The highest BCUT2D eigenvalue weighted by Crippen LogP contribution is 2.48. The Balaban J connectivity index is 0.925. The van der Waals surface area contributed by atoms with Crippen LogP contribution in [0, 0.1) is 13.8 Å². The molecule has 0 spiro atoms. The molecule has 6 nitrogen and oxygen atoms in total. The minimum Gasteiger partial charge on any atom is -0.458 e. The first-order chi connectivity index (χ1) is 35.0. The van der Waals surface area contributed by atoms with Gasteiger partial charge in [0, 0.05) is 72.7 Å². The molecule has 0 saturated carbocycles. The van der Waals surface area contributed by atoms with E-state index in [4.69, 9.17) is 18.3 Å². The lowest BCUT2D eigenvalue weighted by Crippen LogP contribution is -2.57. The summed E-state index contributed by atoms with van der Waals surface area (Å²) in [5.74, 6) is 3.13. The molecule has 334 valence electrons. The number of para-hydroxylation sites is 2. The number of hydrogen-bond donors (Lipinski definition) is 0. The zero-order chi connectivity index (χ0) is 46.9. The van der Waals surface area contributed by atoms with Gasteiger partial charge < -0.3 is 28.1 Å². The fourth-order valence-corrected chi connectivity index (χ4v) is 11.4. The SMILES string of the molecule is Cc1ccc(N(c2ccccc2)c2cc3oc4cc5c(cc4c3c3ccccc23)Oc2cccc3c2B5c2cc4oc5cc(N(c6ccccc6)c6ccc(C)cc6)c6ccccc6c5c4cc2O3)cc1. The van der Waals surface area contributed by atoms with Crippen LogP contribution in [0.5, 0.6) is 23.0 Å². The Morgan fingerprint density at radius 3 is 1.15 bits per heavy atom. The Morgan fingerprint density at radius 2 is 0.718 bits per heavy atom. The fourth-order valence-electron chi connectivity index (χ4n) is 11.4. The summed E-state index contributed by atoms with van der Waals surface area (Å²) in [7, 11) is 0. The molecule has 0 amide bonds. The van der Waals surface area contributed by atoms with Crippen molar-refractivity contribution in [1.82, 2.24) is 0 Å². The van der Waals surface area contributed by atoms with E-state index in [0.29, 0.717) is 0 Å². The van der Waals surface area contributed by atoms with E-state index in [0.717, 1.165) is 139 Å². The van der Waals surface area contributed by atoms with Crippen LogP contribution in [0.25, 0.3) is 65.4 Å². The number of ether oxygens (including phenoxy) is 2. The van der Waals surface area contributed by atoms with E-state index < -0.39 is 0 Å². The lowest BCUT2D eigenvalue weighted by atomic mass is 9.35. The molecule has 0 saturated heterocycles. The predicted octanol–water partition coefficient (Wildman–Crippen LogP) is 16.1. The first-order valence-corrected chi connectivity index (χ1v) is 24.2. The molecular weight excluding hydrogens is 872 g/mol. The Labute approximate surface area is 409 Å². The van der Waals surface area contributed by atoms with E-state index in [9.17, 15) is 0 Å². The van der Waals surface area contributed by atoms with E-state index in [1.54, 1.807) is 0 Å². The third-order valence-corrected chi connectivity index (χ3v) is 14.6. The molecule has 0 N–H and O–H groups in total. The zero-order valence-electron chi connectivity index (χ0n) is 38.8. The van der Waals surface area contributed by atoms with Gasteiger partial charge in [0.25, 0.3) is 6.71 Å². The normalized spacial score (nSPS) is 12.6. The lowest BCUT2D eigenvalue weighted by molar-refractivity contribution is 0.465. The molecule has 71 heavy (non-hydrogen) atoms. The van der Waals surface area contributed by atoms with Crippen LogP contribution < -0.4 is 35.7 Å². The standard InChI is InChI=1S/C64H41BN2O4/c1-38-24-28-42(29-25-38)66(40-14-5-3-6-15-40)52-36-60-62(46-20-11-9-18-44(46)52)48-32-58-50(34-56(48)70-60)65-51-35-57-49(33-59(51)69-55-23-13-22-54(68-58)64(55)65)63-47-21-12-10-19-45(47)53(37-61(63)71-57)67(41-16-7-4-8-17-41)43-30-26-39(2)27-31-43/h3-37H,1-2H3. The second kappa shape index (κ2) is 15.2. The predicted molar refractivity (Wildman–Crippen MR) is 293 cm³/mol. The summed E-state index contributed by atoms with van der Waals surface area (Å²) < 4.78 is 27.9. The van der Waals surface area contributed by atoms with Gasteiger partial charge in [-0.05, 0) is 120 Å². The summed E-state index contributed by atoms with van der Waals surface area (Å²) in [5, 5.41) is 8.57. The number of hydrogen-bond acceptors (Lipinski definition) is 6. The second-order valence-electron chi connectivity index (χ2n) is 18.9. The molecule has 0 atom stereocenters. The third-order valence-electron chi connectivity index (χ3n) is 14.6. The van der Waals surface area contributed by atoms with E-state index in [2.05, 4.69) is 218 Å². The monoisotopic (exact) mass is 912 g/mol. The maximum atomic E-state index is 7.04. The minimum atomic E-state index is -0.214. The quantitative estimate of drug-likeness (QED) is 0.155. The van der Waals surface area contributed by atoms with Crippen LogP contribution in [0.2, 0.25) is 0 Å². The van der Waals surface area contributed by atoms with E-state index in [1.165, 1.54) is 11.1 Å². The van der Waals surface area contributed by atoms with Gasteiger partial charge in [-0.3, -0.25) is 0 Å². The third kappa shape index (κ3) is 6.03. The number of benzene rings is 11. The highest BCUT2D eigenvalue weighted by Gasteiger charge is 2.41. The number of nitrogens with zero attached hydrogens (tertiary/aromatic N) is 2. The molecule has 0 fully saturated rings. The fraction of sp³-hybridized carbons (Fsp3) is 0.0312. The second-order valence-corrected chi connectivity index (χ2v) is 18.9. The van der Waals surface area contributed by atoms with Crippen molar-refractivity contribution in [2.24, 2.45) is 0 Å². The van der Waals surface area contributed by atoms with Crippen molar-refractivity contribution >= 4 is 123 Å². The molecule has 0 aliphatic carbocycles. The largest absolute Gasteiger partial charge is 0.458 e. The van der Waals surface area contributed by atoms with Gasteiger partial charge in [0.2, 0.25) is 0 Å². The van der Waals surface area contributed by atoms with Crippen LogP contribution in [-0.4, -0.2) is 6.71 Å². The van der Waals surface area contributed by atoms with E-state index in [1.807, 2.05) is 18.2 Å². The highest BCUT2D eigenvalue weighted by molar-refractivity contribution is 6.98. The van der Waals surface area contributed by atoms with E-state index in [-0.39, 0.29) is 6.71 Å². The van der Waals surface area contributed by atoms with Gasteiger partial charge in [0.1, 0.15) is 45.3 Å². The number of fused-ring (bicyclic) bond motifs is 14. The minimum absolute atomic E-state index is 0.214. The molecule has 0 unspecified atom stereocenters. The summed E-state index contributed by atoms with van der Waals surface area (Å²) in [4.78, 5) is 4.65. The zero-order valence-corrected chi connectivity index (χ0v) is 38.8. The van der Waals surface area contributed by atoms with Gasteiger partial charge >= 0.3 is 0 Å². The molecule has 2 aromatic heterocycles. The van der Waals surface area contributed by atoms with Gasteiger partial charge in [0.05, 0.1) is 11.4 Å². The Hall–Kier alpha value is -9.20. The van der Waals surface area contributed by atoms with Gasteiger partial charge in [-0.15, -0.1) is 0 Å². The molecule has 15 rings (SSSR count). The Morgan fingerprint density at radius 1 is 0.324 bits per heavy atom. The molecule has 13 aromatic rings. The number of anilines is 6. The molecule has 4 heterocycles. The summed E-state index contributed by atoms with van der Waals surface area (Å²) in [5.41, 5.74) is 15.0. The van der Waals surface area contributed by atoms with Gasteiger partial charge in [0.15, 0.2) is 0 Å².